The summed E-state index contributed by atoms with van der Waals surface area (Å²) in [5, 5.41) is 16.1. The van der Waals surface area contributed by atoms with Gasteiger partial charge in [0.05, 0.1) is 11.0 Å². The lowest BCUT2D eigenvalue weighted by molar-refractivity contribution is -0.384. The number of esters is 1. The molecule has 12 nitrogen and oxygen atoms in total. The number of amides is 2. The molecule has 192 valence electrons. The largest absolute Gasteiger partial charge is 0.458 e. The second-order valence-corrected chi connectivity index (χ2v) is 8.37. The lowest BCUT2D eigenvalue weighted by Gasteiger charge is -2.26. The van der Waals surface area contributed by atoms with E-state index in [1.807, 2.05) is 0 Å². The van der Waals surface area contributed by atoms with Crippen molar-refractivity contribution in [2.24, 2.45) is 0 Å². The third kappa shape index (κ3) is 9.45. The fourth-order valence-corrected chi connectivity index (χ4v) is 2.87. The average Bonchev–Trinajstić information content (AvgIpc) is 2.79. The van der Waals surface area contributed by atoms with Gasteiger partial charge in [0.15, 0.2) is 6.10 Å². The summed E-state index contributed by atoms with van der Waals surface area (Å²) >= 11 is 0. The van der Waals surface area contributed by atoms with E-state index in [4.69, 9.17) is 19.1 Å². The molecule has 0 aliphatic heterocycles. The van der Waals surface area contributed by atoms with Crippen LogP contribution in [0.25, 0.3) is 0 Å². The number of carbonyl (C=O) groups excluding carboxylic acids is 5. The number of rotatable bonds is 8. The van der Waals surface area contributed by atoms with E-state index in [9.17, 15) is 24.5 Å². The molecule has 0 heterocycles. The Hall–Kier alpha value is -4.41. The zero-order valence-electron chi connectivity index (χ0n) is 20.4. The first-order chi connectivity index (χ1) is 16.8. The molecule has 0 unspecified atom stereocenters. The zero-order chi connectivity index (χ0) is 27.5. The summed E-state index contributed by atoms with van der Waals surface area (Å²) in [6.07, 6.45) is -0.728. The van der Waals surface area contributed by atoms with E-state index in [1.54, 1.807) is 39.8 Å². The molecule has 0 bridgehead atoms. The molecule has 2 aromatic rings. The van der Waals surface area contributed by atoms with Crippen LogP contribution in [0.2, 0.25) is 0 Å². The number of methoxy groups -OCH3 is 1. The second-order valence-electron chi connectivity index (χ2n) is 8.37. The molecule has 12 heteroatoms. The highest BCUT2D eigenvalue weighted by Gasteiger charge is 2.31. The number of nitrogens with zero attached hydrogens (tertiary/aromatic N) is 1. The molecule has 0 fully saturated rings. The average molecular weight is 501 g/mol. The first-order valence-electron chi connectivity index (χ1n) is 10.5. The van der Waals surface area contributed by atoms with Gasteiger partial charge in [0.1, 0.15) is 5.60 Å². The Morgan fingerprint density at radius 1 is 0.944 bits per heavy atom. The van der Waals surface area contributed by atoms with E-state index < -0.39 is 40.5 Å². The Balaban J connectivity index is 0.00000205. The van der Waals surface area contributed by atoms with Crippen LogP contribution >= 0.6 is 0 Å². The molecule has 2 amide bonds. The fraction of sp³-hybridized carbons (Fsp3) is 0.333. The van der Waals surface area contributed by atoms with Gasteiger partial charge in [-0.2, -0.15) is 9.59 Å². The first-order valence-corrected chi connectivity index (χ1v) is 10.5. The predicted octanol–water partition coefficient (Wildman–Crippen LogP) is 2.74. The van der Waals surface area contributed by atoms with Gasteiger partial charge in [-0.1, -0.05) is 0 Å². The Morgan fingerprint density at radius 2 is 1.42 bits per heavy atom. The normalized spacial score (nSPS) is 12.0. The van der Waals surface area contributed by atoms with Gasteiger partial charge in [-0.3, -0.25) is 19.7 Å². The van der Waals surface area contributed by atoms with Crippen molar-refractivity contribution in [3.8, 4) is 0 Å². The molecular weight excluding hydrogens is 474 g/mol. The van der Waals surface area contributed by atoms with Gasteiger partial charge in [0.2, 0.25) is 0 Å². The quantitative estimate of drug-likeness (QED) is 0.313. The lowest BCUT2D eigenvalue weighted by Crippen LogP contribution is -2.48. The van der Waals surface area contributed by atoms with E-state index in [-0.39, 0.29) is 17.4 Å². The van der Waals surface area contributed by atoms with Gasteiger partial charge in [0, 0.05) is 36.1 Å². The van der Waals surface area contributed by atoms with Gasteiger partial charge in [-0.15, -0.1) is 0 Å². The van der Waals surface area contributed by atoms with Gasteiger partial charge in [0.25, 0.3) is 17.5 Å². The van der Waals surface area contributed by atoms with E-state index in [0.717, 1.165) is 0 Å². The van der Waals surface area contributed by atoms with Crippen molar-refractivity contribution in [1.29, 1.82) is 0 Å². The van der Waals surface area contributed by atoms with E-state index in [0.29, 0.717) is 11.3 Å². The number of hydrogen-bond donors (Lipinski definition) is 2. The zero-order valence-corrected chi connectivity index (χ0v) is 20.4. The van der Waals surface area contributed by atoms with Gasteiger partial charge < -0.3 is 20.1 Å². The number of anilines is 1. The summed E-state index contributed by atoms with van der Waals surface area (Å²) in [6, 6.07) is 10.7. The van der Waals surface area contributed by atoms with Crippen molar-refractivity contribution in [2.45, 2.75) is 45.4 Å². The lowest BCUT2D eigenvalue weighted by atomic mass is 10.1. The summed E-state index contributed by atoms with van der Waals surface area (Å²) in [4.78, 5) is 63.6. The van der Waals surface area contributed by atoms with Crippen LogP contribution in [0.15, 0.2) is 48.5 Å². The predicted molar refractivity (Wildman–Crippen MR) is 126 cm³/mol. The number of benzene rings is 2. The number of nitrogens with one attached hydrogen (secondary N) is 2. The molecule has 0 aliphatic rings. The molecule has 0 saturated heterocycles. The fourth-order valence-electron chi connectivity index (χ4n) is 2.87. The summed E-state index contributed by atoms with van der Waals surface area (Å²) in [5.41, 5.74) is 0.204. The maximum Gasteiger partial charge on any atom is 0.373 e. The molecule has 2 atom stereocenters. The van der Waals surface area contributed by atoms with Crippen LogP contribution in [0.5, 0.6) is 0 Å². The highest BCUT2D eigenvalue weighted by molar-refractivity contribution is 6.04. The highest BCUT2D eigenvalue weighted by Crippen LogP contribution is 2.16. The standard InChI is InChI=1S/C23H27N3O7.CO2/c1-14(19(32-5)22(29)33-23(2,3)4)24-20(27)15-6-10-17(11-7-15)25-21(28)16-8-12-18(13-9-16)26(30)31;2-1-3/h6-14,19H,1-5H3,(H,24,27)(H,25,28);/t14-,19+;/m1./s1. The Labute approximate surface area is 207 Å². The van der Waals surface area contributed by atoms with Crippen molar-refractivity contribution < 1.29 is 38.4 Å². The maximum absolute atomic E-state index is 12.6. The minimum atomic E-state index is -0.978. The van der Waals surface area contributed by atoms with Crippen LogP contribution in [-0.4, -0.2) is 53.7 Å². The van der Waals surface area contributed by atoms with Crippen molar-refractivity contribution in [2.75, 3.05) is 12.4 Å². The van der Waals surface area contributed by atoms with Gasteiger partial charge >= 0.3 is 12.1 Å². The second kappa shape index (κ2) is 13.5. The molecule has 0 saturated carbocycles. The first kappa shape index (κ1) is 29.6. The number of nitro benzene ring substituents is 1. The van der Waals surface area contributed by atoms with E-state index in [2.05, 4.69) is 10.6 Å². The SMILES string of the molecule is CO[C@H](C(=O)OC(C)(C)C)[C@@H](C)NC(=O)c1ccc(NC(=O)c2ccc([N+](=O)[O-])cc2)cc1.O=C=O. The van der Waals surface area contributed by atoms with E-state index >= 15 is 0 Å². The van der Waals surface area contributed by atoms with Crippen LogP contribution in [0.3, 0.4) is 0 Å². The number of non-ortho nitro benzene ring substituents is 1. The van der Waals surface area contributed by atoms with Crippen molar-refractivity contribution in [3.63, 3.8) is 0 Å². The Kier molecular flexibility index (Phi) is 11.1. The maximum atomic E-state index is 12.6. The summed E-state index contributed by atoms with van der Waals surface area (Å²) in [6.45, 7) is 6.85. The third-order valence-electron chi connectivity index (χ3n) is 4.45. The molecule has 0 aliphatic carbocycles. The van der Waals surface area contributed by atoms with Gasteiger partial charge in [-0.25, -0.2) is 4.79 Å². The van der Waals surface area contributed by atoms with Crippen LogP contribution in [0.1, 0.15) is 48.4 Å². The van der Waals surface area contributed by atoms with Crippen molar-refractivity contribution >= 4 is 35.3 Å². The number of carbonyl (C=O) groups is 3. The summed E-state index contributed by atoms with van der Waals surface area (Å²) in [5.74, 6) is -1.46. The third-order valence-corrected chi connectivity index (χ3v) is 4.45. The Bertz CT molecular complexity index is 1100. The monoisotopic (exact) mass is 501 g/mol. The number of ether oxygens (including phenoxy) is 2. The minimum Gasteiger partial charge on any atom is -0.458 e. The number of hydrogen-bond acceptors (Lipinski definition) is 9. The minimum absolute atomic E-state index is 0.112. The molecule has 2 rings (SSSR count). The smallest absolute Gasteiger partial charge is 0.373 e. The highest BCUT2D eigenvalue weighted by atomic mass is 16.6. The van der Waals surface area contributed by atoms with Crippen LogP contribution in [0.4, 0.5) is 11.4 Å². The molecule has 0 aromatic heterocycles. The topological polar surface area (TPSA) is 171 Å². The molecular formula is C24H27N3O9. The van der Waals surface area contributed by atoms with Crippen LogP contribution < -0.4 is 10.6 Å². The summed E-state index contributed by atoms with van der Waals surface area (Å²) in [7, 11) is 1.36. The molecule has 2 N–H and O–H groups in total. The van der Waals surface area contributed by atoms with Crippen LogP contribution in [0, 0.1) is 10.1 Å². The van der Waals surface area contributed by atoms with Crippen molar-refractivity contribution in [3.05, 3.63) is 69.8 Å². The molecule has 2 aromatic carbocycles. The molecule has 36 heavy (non-hydrogen) atoms. The van der Waals surface area contributed by atoms with E-state index in [1.165, 1.54) is 43.5 Å². The van der Waals surface area contributed by atoms with Crippen molar-refractivity contribution in [1.82, 2.24) is 5.32 Å². The Morgan fingerprint density at radius 3 is 1.86 bits per heavy atom. The van der Waals surface area contributed by atoms with Crippen LogP contribution in [-0.2, 0) is 23.9 Å². The molecule has 0 spiro atoms. The number of nitro groups is 1. The van der Waals surface area contributed by atoms with Gasteiger partial charge in [-0.05, 0) is 64.1 Å². The summed E-state index contributed by atoms with van der Waals surface area (Å²) < 4.78 is 10.5. The molecule has 0 radical (unpaired) electrons.